The van der Waals surface area contributed by atoms with E-state index in [9.17, 15) is 4.39 Å². The molecule has 4 heterocycles. The van der Waals surface area contributed by atoms with Gasteiger partial charge in [0.1, 0.15) is 11.5 Å². The van der Waals surface area contributed by atoms with Gasteiger partial charge in [-0.3, -0.25) is 15.1 Å². The highest BCUT2D eigenvalue weighted by Crippen LogP contribution is 2.34. The van der Waals surface area contributed by atoms with Gasteiger partial charge in [-0.05, 0) is 86.8 Å². The number of nitrogens with zero attached hydrogens (tertiary/aromatic N) is 5. The minimum Gasteiger partial charge on any atom is -0.358 e. The van der Waals surface area contributed by atoms with E-state index in [0.717, 1.165) is 87.1 Å². The summed E-state index contributed by atoms with van der Waals surface area (Å²) in [6.07, 6.45) is 7.97. The van der Waals surface area contributed by atoms with Gasteiger partial charge in [-0.25, -0.2) is 9.37 Å². The predicted octanol–water partition coefficient (Wildman–Crippen LogP) is 8.23. The number of hydrogen-bond acceptors (Lipinski definition) is 6. The number of aromatic amines is 2. The second-order valence-corrected chi connectivity index (χ2v) is 13.2. The molecule has 3 N–H and O–H groups in total. The van der Waals surface area contributed by atoms with Gasteiger partial charge in [0, 0.05) is 28.4 Å². The molecule has 0 unspecified atom stereocenters. The van der Waals surface area contributed by atoms with Crippen LogP contribution in [0.4, 0.5) is 10.1 Å². The number of pyridine rings is 2. The van der Waals surface area contributed by atoms with E-state index in [1.807, 2.05) is 44.4 Å². The fraction of sp³-hybridized carbons (Fsp3) is 0.278. The first-order valence-corrected chi connectivity index (χ1v) is 15.2. The summed E-state index contributed by atoms with van der Waals surface area (Å²) >= 11 is 0. The number of H-pyrrole nitrogens is 2. The number of aryl methyl sites for hydroxylation is 1. The SMILES string of the molecule is C=C(CC(C)(C)C)Nc1cncc(-c2cc3c(-c4nc5c(-c6cc(F)cc(CCCN(C)C)c6)cccc5[nH]4)n[nH]c3cn2)c1. The fourth-order valence-electron chi connectivity index (χ4n) is 5.72. The average molecular weight is 603 g/mol. The van der Waals surface area contributed by atoms with Gasteiger partial charge in [0.2, 0.25) is 0 Å². The zero-order valence-electron chi connectivity index (χ0n) is 26.5. The molecule has 6 aromatic rings. The zero-order chi connectivity index (χ0) is 31.7. The maximum Gasteiger partial charge on any atom is 0.159 e. The Morgan fingerprint density at radius 3 is 2.64 bits per heavy atom. The molecule has 0 saturated carbocycles. The number of fused-ring (bicyclic) bond motifs is 2. The number of aromatic nitrogens is 6. The van der Waals surface area contributed by atoms with E-state index < -0.39 is 0 Å². The molecule has 0 aliphatic heterocycles. The van der Waals surface area contributed by atoms with Crippen molar-refractivity contribution in [2.24, 2.45) is 5.41 Å². The van der Waals surface area contributed by atoms with Gasteiger partial charge >= 0.3 is 0 Å². The van der Waals surface area contributed by atoms with Crippen molar-refractivity contribution in [2.45, 2.75) is 40.0 Å². The number of hydrogen-bond donors (Lipinski definition) is 3. The van der Waals surface area contributed by atoms with E-state index in [1.165, 1.54) is 0 Å². The number of allylic oxidation sites excluding steroid dienone is 1. The normalized spacial score (nSPS) is 12.0. The molecule has 230 valence electrons. The fourth-order valence-corrected chi connectivity index (χ4v) is 5.72. The van der Waals surface area contributed by atoms with Gasteiger partial charge in [-0.15, -0.1) is 0 Å². The molecule has 45 heavy (non-hydrogen) atoms. The standard InChI is InChI=1S/C36H39FN8/c1-22(18-36(2,3)4)40-27-16-25(19-38-20-27)31-17-29-32(21-39-31)43-44-34(29)35-41-30-11-7-10-28(33(30)42-35)24-13-23(14-26(37)15-24)9-8-12-45(5)6/h7,10-11,13-17,19-21,40H,1,8-9,12,18H2,2-6H3,(H,41,42)(H,43,44). The summed E-state index contributed by atoms with van der Waals surface area (Å²) in [5, 5.41) is 12.0. The van der Waals surface area contributed by atoms with Gasteiger partial charge in [-0.1, -0.05) is 45.5 Å². The molecule has 0 bridgehead atoms. The Hall–Kier alpha value is -4.89. The van der Waals surface area contributed by atoms with Gasteiger partial charge in [0.05, 0.1) is 40.3 Å². The van der Waals surface area contributed by atoms with Crippen molar-refractivity contribution in [1.29, 1.82) is 0 Å². The third-order valence-corrected chi connectivity index (χ3v) is 7.62. The smallest absolute Gasteiger partial charge is 0.159 e. The Balaban J connectivity index is 1.33. The van der Waals surface area contributed by atoms with Crippen molar-refractivity contribution < 1.29 is 4.39 Å². The van der Waals surface area contributed by atoms with E-state index in [2.05, 4.69) is 68.8 Å². The van der Waals surface area contributed by atoms with Gasteiger partial charge in [-0.2, -0.15) is 5.10 Å². The highest BCUT2D eigenvalue weighted by atomic mass is 19.1. The van der Waals surface area contributed by atoms with Crippen molar-refractivity contribution in [3.63, 3.8) is 0 Å². The summed E-state index contributed by atoms with van der Waals surface area (Å²) in [7, 11) is 4.10. The summed E-state index contributed by atoms with van der Waals surface area (Å²) in [6.45, 7) is 11.7. The lowest BCUT2D eigenvalue weighted by molar-refractivity contribution is 0.400. The lowest BCUT2D eigenvalue weighted by atomic mass is 9.91. The van der Waals surface area contributed by atoms with Crippen molar-refractivity contribution in [3.8, 4) is 33.9 Å². The molecule has 0 radical (unpaired) electrons. The quantitative estimate of drug-likeness (QED) is 0.146. The Morgan fingerprint density at radius 1 is 1.00 bits per heavy atom. The molecule has 0 atom stereocenters. The van der Waals surface area contributed by atoms with Crippen LogP contribution in [-0.4, -0.2) is 55.7 Å². The maximum absolute atomic E-state index is 14.8. The van der Waals surface area contributed by atoms with Crippen molar-refractivity contribution in [3.05, 3.63) is 90.8 Å². The minimum atomic E-state index is -0.245. The molecule has 0 amide bonds. The molecular weight excluding hydrogens is 563 g/mol. The molecule has 0 spiro atoms. The van der Waals surface area contributed by atoms with Crippen molar-refractivity contribution >= 4 is 27.6 Å². The molecular formula is C36H39FN8. The third-order valence-electron chi connectivity index (χ3n) is 7.62. The highest BCUT2D eigenvalue weighted by Gasteiger charge is 2.18. The Kier molecular flexibility index (Phi) is 8.20. The molecule has 0 saturated heterocycles. The first-order chi connectivity index (χ1) is 21.5. The predicted molar refractivity (Wildman–Crippen MR) is 181 cm³/mol. The molecule has 6 rings (SSSR count). The second-order valence-electron chi connectivity index (χ2n) is 13.2. The minimum absolute atomic E-state index is 0.128. The van der Waals surface area contributed by atoms with E-state index >= 15 is 0 Å². The van der Waals surface area contributed by atoms with E-state index in [4.69, 9.17) is 4.98 Å². The van der Waals surface area contributed by atoms with Gasteiger partial charge in [0.15, 0.2) is 5.82 Å². The summed E-state index contributed by atoms with van der Waals surface area (Å²) in [4.78, 5) is 19.7. The van der Waals surface area contributed by atoms with Gasteiger partial charge < -0.3 is 15.2 Å². The average Bonchev–Trinajstić information content (AvgIpc) is 3.59. The van der Waals surface area contributed by atoms with E-state index in [-0.39, 0.29) is 11.2 Å². The lowest BCUT2D eigenvalue weighted by Crippen LogP contribution is -2.13. The first kappa shape index (κ1) is 30.1. The number of imidazole rings is 1. The second kappa shape index (κ2) is 12.2. The summed E-state index contributed by atoms with van der Waals surface area (Å²) in [5.74, 6) is 0.376. The molecule has 8 nitrogen and oxygen atoms in total. The number of halogens is 1. The Labute approximate surface area is 262 Å². The van der Waals surface area contributed by atoms with Crippen LogP contribution >= 0.6 is 0 Å². The number of para-hydroxylation sites is 1. The number of nitrogens with one attached hydrogen (secondary N) is 3. The van der Waals surface area contributed by atoms with Crippen LogP contribution in [0.1, 0.15) is 39.2 Å². The molecule has 9 heteroatoms. The van der Waals surface area contributed by atoms with Crippen LogP contribution in [0.15, 0.2) is 79.4 Å². The largest absolute Gasteiger partial charge is 0.358 e. The Bertz CT molecular complexity index is 2000. The molecule has 0 aliphatic carbocycles. The van der Waals surface area contributed by atoms with Crippen LogP contribution in [0.5, 0.6) is 0 Å². The molecule has 4 aromatic heterocycles. The van der Waals surface area contributed by atoms with Crippen LogP contribution < -0.4 is 5.32 Å². The summed E-state index contributed by atoms with van der Waals surface area (Å²) < 4.78 is 14.8. The third kappa shape index (κ3) is 6.94. The number of anilines is 1. The van der Waals surface area contributed by atoms with E-state index in [1.54, 1.807) is 30.7 Å². The van der Waals surface area contributed by atoms with E-state index in [0.29, 0.717) is 11.5 Å². The molecule has 0 aliphatic rings. The monoisotopic (exact) mass is 602 g/mol. The Morgan fingerprint density at radius 2 is 1.84 bits per heavy atom. The van der Waals surface area contributed by atoms with Crippen LogP contribution in [0, 0.1) is 11.2 Å². The lowest BCUT2D eigenvalue weighted by Gasteiger charge is -2.20. The number of rotatable bonds is 10. The summed E-state index contributed by atoms with van der Waals surface area (Å²) in [5.41, 5.74) is 9.31. The van der Waals surface area contributed by atoms with Crippen LogP contribution in [0.25, 0.3) is 55.8 Å². The highest BCUT2D eigenvalue weighted by molar-refractivity contribution is 5.97. The maximum atomic E-state index is 14.8. The van der Waals surface area contributed by atoms with Crippen LogP contribution in [-0.2, 0) is 6.42 Å². The topological polar surface area (TPSA) is 98.4 Å². The molecule has 0 fully saturated rings. The van der Waals surface area contributed by atoms with Crippen LogP contribution in [0.3, 0.4) is 0 Å². The van der Waals surface area contributed by atoms with Crippen LogP contribution in [0.2, 0.25) is 0 Å². The van der Waals surface area contributed by atoms with Crippen molar-refractivity contribution in [1.82, 2.24) is 35.0 Å². The number of benzene rings is 2. The summed E-state index contributed by atoms with van der Waals surface area (Å²) in [6, 6.07) is 15.2. The molecule has 2 aromatic carbocycles. The zero-order valence-corrected chi connectivity index (χ0v) is 26.5. The first-order valence-electron chi connectivity index (χ1n) is 15.2. The van der Waals surface area contributed by atoms with Crippen molar-refractivity contribution in [2.75, 3.05) is 26.0 Å². The van der Waals surface area contributed by atoms with Gasteiger partial charge in [0.25, 0.3) is 0 Å².